The molecule has 0 radical (unpaired) electrons. The number of amides is 1. The number of rotatable bonds is 6. The smallest absolute Gasteiger partial charge is 0.222 e. The van der Waals surface area contributed by atoms with Crippen molar-refractivity contribution >= 4 is 17.2 Å². The van der Waals surface area contributed by atoms with Crippen LogP contribution in [0.2, 0.25) is 0 Å². The molecular formula is C14H19N3OS. The Labute approximate surface area is 117 Å². The zero-order chi connectivity index (χ0) is 13.7. The standard InChI is InChI=1S/C14H19N3OS/c1-11(2)14(12-5-3-10-19-12)16-13(18)6-9-17-8-4-7-15-17/h3-5,7-8,10-11,14H,6,9H2,1-2H3,(H,16,18)/t14-/m1/s1. The van der Waals surface area contributed by atoms with Crippen LogP contribution in [0, 0.1) is 5.92 Å². The molecule has 1 amide bonds. The fraction of sp³-hybridized carbons (Fsp3) is 0.429. The van der Waals surface area contributed by atoms with Crippen molar-refractivity contribution in [3.8, 4) is 0 Å². The van der Waals surface area contributed by atoms with Crippen molar-refractivity contribution in [3.63, 3.8) is 0 Å². The molecule has 0 saturated carbocycles. The number of hydrogen-bond donors (Lipinski definition) is 1. The van der Waals surface area contributed by atoms with Crippen LogP contribution in [0.1, 0.15) is 31.2 Å². The van der Waals surface area contributed by atoms with Crippen molar-refractivity contribution in [1.29, 1.82) is 0 Å². The van der Waals surface area contributed by atoms with Gasteiger partial charge in [-0.25, -0.2) is 0 Å². The van der Waals surface area contributed by atoms with Crippen molar-refractivity contribution in [2.75, 3.05) is 0 Å². The summed E-state index contributed by atoms with van der Waals surface area (Å²) in [6, 6.07) is 6.06. The first-order chi connectivity index (χ1) is 9.16. The predicted octanol–water partition coefficient (Wildman–Crippen LogP) is 2.85. The Hall–Kier alpha value is -1.62. The second-order valence-corrected chi connectivity index (χ2v) is 5.80. The molecule has 5 heteroatoms. The van der Waals surface area contributed by atoms with Crippen LogP contribution in [0.25, 0.3) is 0 Å². The Balaban J connectivity index is 1.89. The van der Waals surface area contributed by atoms with Gasteiger partial charge in [-0.3, -0.25) is 9.48 Å². The van der Waals surface area contributed by atoms with Crippen LogP contribution in [0.5, 0.6) is 0 Å². The molecule has 0 unspecified atom stereocenters. The number of thiophene rings is 1. The average Bonchev–Trinajstić information content (AvgIpc) is 3.05. The number of aryl methyl sites for hydroxylation is 1. The van der Waals surface area contributed by atoms with E-state index in [2.05, 4.69) is 30.3 Å². The molecule has 2 heterocycles. The van der Waals surface area contributed by atoms with Crippen molar-refractivity contribution in [2.24, 2.45) is 5.92 Å². The zero-order valence-corrected chi connectivity index (χ0v) is 12.1. The Bertz CT molecular complexity index is 491. The summed E-state index contributed by atoms with van der Waals surface area (Å²) in [5, 5.41) is 9.25. The highest BCUT2D eigenvalue weighted by molar-refractivity contribution is 7.10. The van der Waals surface area contributed by atoms with Gasteiger partial charge in [0.15, 0.2) is 0 Å². The van der Waals surface area contributed by atoms with Gasteiger partial charge in [-0.1, -0.05) is 19.9 Å². The Morgan fingerprint density at radius 3 is 2.89 bits per heavy atom. The molecule has 0 bridgehead atoms. The van der Waals surface area contributed by atoms with E-state index >= 15 is 0 Å². The fourth-order valence-corrected chi connectivity index (χ4v) is 2.88. The van der Waals surface area contributed by atoms with Gasteiger partial charge in [0, 0.05) is 30.2 Å². The van der Waals surface area contributed by atoms with E-state index in [4.69, 9.17) is 0 Å². The molecular weight excluding hydrogens is 258 g/mol. The molecule has 1 atom stereocenters. The summed E-state index contributed by atoms with van der Waals surface area (Å²) in [6.45, 7) is 4.87. The van der Waals surface area contributed by atoms with E-state index in [0.29, 0.717) is 18.9 Å². The first kappa shape index (κ1) is 13.8. The van der Waals surface area contributed by atoms with E-state index in [1.54, 1.807) is 22.2 Å². The summed E-state index contributed by atoms with van der Waals surface area (Å²) in [5.74, 6) is 0.454. The third-order valence-corrected chi connectivity index (χ3v) is 3.92. The van der Waals surface area contributed by atoms with Crippen LogP contribution in [0.3, 0.4) is 0 Å². The van der Waals surface area contributed by atoms with Crippen LogP contribution >= 0.6 is 11.3 Å². The van der Waals surface area contributed by atoms with Crippen molar-refractivity contribution < 1.29 is 4.79 Å². The lowest BCUT2D eigenvalue weighted by molar-refractivity contribution is -0.122. The third-order valence-electron chi connectivity index (χ3n) is 2.96. The summed E-state index contributed by atoms with van der Waals surface area (Å²) in [5.41, 5.74) is 0. The summed E-state index contributed by atoms with van der Waals surface area (Å²) >= 11 is 1.68. The normalized spacial score (nSPS) is 12.6. The van der Waals surface area contributed by atoms with Gasteiger partial charge >= 0.3 is 0 Å². The summed E-state index contributed by atoms with van der Waals surface area (Å²) in [7, 11) is 0. The number of nitrogens with one attached hydrogen (secondary N) is 1. The minimum absolute atomic E-state index is 0.0719. The van der Waals surface area contributed by atoms with E-state index in [9.17, 15) is 4.79 Å². The van der Waals surface area contributed by atoms with Gasteiger partial charge in [0.2, 0.25) is 5.91 Å². The van der Waals surface area contributed by atoms with Gasteiger partial charge in [0.05, 0.1) is 6.04 Å². The van der Waals surface area contributed by atoms with Crippen LogP contribution in [-0.2, 0) is 11.3 Å². The SMILES string of the molecule is CC(C)[C@@H](NC(=O)CCn1cccn1)c1cccs1. The summed E-state index contributed by atoms with van der Waals surface area (Å²) < 4.78 is 1.77. The Kier molecular flexibility index (Phi) is 4.74. The molecule has 2 rings (SSSR count). The van der Waals surface area contributed by atoms with Gasteiger partial charge < -0.3 is 5.32 Å². The molecule has 0 saturated heterocycles. The van der Waals surface area contributed by atoms with Crippen LogP contribution in [0.15, 0.2) is 36.0 Å². The lowest BCUT2D eigenvalue weighted by atomic mass is 10.0. The molecule has 0 aliphatic carbocycles. The van der Waals surface area contributed by atoms with Crippen LogP contribution in [0.4, 0.5) is 0 Å². The molecule has 19 heavy (non-hydrogen) atoms. The number of carbonyl (C=O) groups is 1. The Morgan fingerprint density at radius 2 is 2.32 bits per heavy atom. The van der Waals surface area contributed by atoms with Crippen molar-refractivity contribution in [1.82, 2.24) is 15.1 Å². The maximum atomic E-state index is 12.0. The summed E-state index contributed by atoms with van der Waals surface area (Å²) in [6.07, 6.45) is 4.04. The minimum Gasteiger partial charge on any atom is -0.348 e. The van der Waals surface area contributed by atoms with Gasteiger partial charge in [0.25, 0.3) is 0 Å². The minimum atomic E-state index is 0.0719. The van der Waals surface area contributed by atoms with Crippen LogP contribution < -0.4 is 5.32 Å². The van der Waals surface area contributed by atoms with Gasteiger partial charge in [-0.15, -0.1) is 11.3 Å². The fourth-order valence-electron chi connectivity index (χ4n) is 1.93. The molecule has 0 aromatic carbocycles. The molecule has 0 spiro atoms. The van der Waals surface area contributed by atoms with E-state index in [1.165, 1.54) is 4.88 Å². The molecule has 2 aromatic rings. The first-order valence-electron chi connectivity index (χ1n) is 6.47. The summed E-state index contributed by atoms with van der Waals surface area (Å²) in [4.78, 5) is 13.2. The molecule has 0 aliphatic rings. The maximum absolute atomic E-state index is 12.0. The zero-order valence-electron chi connectivity index (χ0n) is 11.2. The highest BCUT2D eigenvalue weighted by atomic mass is 32.1. The number of aromatic nitrogens is 2. The number of nitrogens with zero attached hydrogens (tertiary/aromatic N) is 2. The molecule has 0 fully saturated rings. The quantitative estimate of drug-likeness (QED) is 0.882. The Morgan fingerprint density at radius 1 is 1.47 bits per heavy atom. The van der Waals surface area contributed by atoms with Crippen molar-refractivity contribution in [2.45, 2.75) is 32.9 Å². The topological polar surface area (TPSA) is 46.9 Å². The predicted molar refractivity (Wildman–Crippen MR) is 76.9 cm³/mol. The lowest BCUT2D eigenvalue weighted by Crippen LogP contribution is -2.31. The lowest BCUT2D eigenvalue weighted by Gasteiger charge is -2.21. The molecule has 0 aliphatic heterocycles. The van der Waals surface area contributed by atoms with Crippen molar-refractivity contribution in [3.05, 3.63) is 40.8 Å². The second-order valence-electron chi connectivity index (χ2n) is 4.82. The highest BCUT2D eigenvalue weighted by Crippen LogP contribution is 2.25. The van der Waals surface area contributed by atoms with E-state index in [1.807, 2.05) is 23.7 Å². The largest absolute Gasteiger partial charge is 0.348 e. The first-order valence-corrected chi connectivity index (χ1v) is 7.35. The van der Waals surface area contributed by atoms with Gasteiger partial charge in [-0.05, 0) is 23.4 Å². The average molecular weight is 277 g/mol. The number of carbonyl (C=O) groups excluding carboxylic acids is 1. The number of hydrogen-bond acceptors (Lipinski definition) is 3. The van der Waals surface area contributed by atoms with E-state index < -0.39 is 0 Å². The monoisotopic (exact) mass is 277 g/mol. The van der Waals surface area contributed by atoms with Gasteiger partial charge in [-0.2, -0.15) is 5.10 Å². The molecule has 102 valence electrons. The maximum Gasteiger partial charge on any atom is 0.222 e. The van der Waals surface area contributed by atoms with E-state index in [-0.39, 0.29) is 11.9 Å². The molecule has 4 nitrogen and oxygen atoms in total. The van der Waals surface area contributed by atoms with Crippen LogP contribution in [-0.4, -0.2) is 15.7 Å². The van der Waals surface area contributed by atoms with E-state index in [0.717, 1.165) is 0 Å². The highest BCUT2D eigenvalue weighted by Gasteiger charge is 2.18. The molecule has 2 aromatic heterocycles. The second kappa shape index (κ2) is 6.52. The third kappa shape index (κ3) is 3.92. The molecule has 1 N–H and O–H groups in total. The van der Waals surface area contributed by atoms with Gasteiger partial charge in [0.1, 0.15) is 0 Å².